The summed E-state index contributed by atoms with van der Waals surface area (Å²) in [6.45, 7) is 0.570. The summed E-state index contributed by atoms with van der Waals surface area (Å²) in [5, 5.41) is 7.39. The maximum Gasteiger partial charge on any atom is 0.251 e. The van der Waals surface area contributed by atoms with Crippen LogP contribution < -0.4 is 5.32 Å². The molecule has 2 unspecified atom stereocenters. The number of nitrogens with zero attached hydrogens (tertiary/aromatic N) is 3. The zero-order chi connectivity index (χ0) is 16.4. The molecule has 1 N–H and O–H groups in total. The van der Waals surface area contributed by atoms with Crippen molar-refractivity contribution in [3.63, 3.8) is 0 Å². The Hall–Kier alpha value is -2.17. The predicted molar refractivity (Wildman–Crippen MR) is 91.5 cm³/mol. The monoisotopic (exact) mass is 324 g/mol. The molecule has 1 amide bonds. The number of carbonyl (C=O) groups is 1. The maximum atomic E-state index is 12.7. The number of nitrogens with one attached hydrogen (secondary N) is 1. The third-order valence-corrected chi connectivity index (χ3v) is 5.47. The highest BCUT2D eigenvalue weighted by Gasteiger charge is 2.43. The summed E-state index contributed by atoms with van der Waals surface area (Å²) in [6.07, 6.45) is 11.2. The molecule has 1 aromatic carbocycles. The molecule has 1 heterocycles. The standard InChI is InChI=1S/C19H24N4O/c24-19(22-18-10-17(18)14-6-2-1-3-7-14)16-9-5-4-8-15(16)11-23-13-20-12-21-23/h4-5,8-9,12-14,17-18H,1-3,6-7,10-11H2,(H,22,24). The van der Waals surface area contributed by atoms with Crippen LogP contribution in [0.5, 0.6) is 0 Å². The van der Waals surface area contributed by atoms with Crippen molar-refractivity contribution >= 4 is 5.91 Å². The SMILES string of the molecule is O=C(NC1CC1C1CCCCC1)c1ccccc1Cn1cncn1. The molecule has 5 heteroatoms. The largest absolute Gasteiger partial charge is 0.349 e. The lowest BCUT2D eigenvalue weighted by Crippen LogP contribution is -2.29. The summed E-state index contributed by atoms with van der Waals surface area (Å²) in [5.41, 5.74) is 1.73. The Bertz CT molecular complexity index is 691. The van der Waals surface area contributed by atoms with Gasteiger partial charge in [-0.2, -0.15) is 5.10 Å². The van der Waals surface area contributed by atoms with Crippen LogP contribution in [0, 0.1) is 11.8 Å². The van der Waals surface area contributed by atoms with Crippen LogP contribution in [0.1, 0.15) is 54.4 Å². The van der Waals surface area contributed by atoms with Crippen LogP contribution in [-0.4, -0.2) is 26.7 Å². The van der Waals surface area contributed by atoms with Gasteiger partial charge in [0.1, 0.15) is 12.7 Å². The first-order valence-corrected chi connectivity index (χ1v) is 9.02. The Morgan fingerprint density at radius 2 is 2.04 bits per heavy atom. The van der Waals surface area contributed by atoms with E-state index in [1.807, 2.05) is 24.3 Å². The number of benzene rings is 1. The van der Waals surface area contributed by atoms with Gasteiger partial charge in [0.15, 0.2) is 0 Å². The minimum Gasteiger partial charge on any atom is -0.349 e. The highest BCUT2D eigenvalue weighted by molar-refractivity contribution is 5.96. The molecule has 2 aliphatic carbocycles. The number of amides is 1. The number of hydrogen-bond donors (Lipinski definition) is 1. The van der Waals surface area contributed by atoms with Gasteiger partial charge >= 0.3 is 0 Å². The van der Waals surface area contributed by atoms with Crippen molar-refractivity contribution in [3.8, 4) is 0 Å². The van der Waals surface area contributed by atoms with E-state index in [2.05, 4.69) is 15.4 Å². The first-order chi connectivity index (χ1) is 11.8. The van der Waals surface area contributed by atoms with Crippen LogP contribution in [0.2, 0.25) is 0 Å². The fraction of sp³-hybridized carbons (Fsp3) is 0.526. The Labute approximate surface area is 142 Å². The molecule has 0 radical (unpaired) electrons. The van der Waals surface area contributed by atoms with Crippen molar-refractivity contribution in [1.29, 1.82) is 0 Å². The van der Waals surface area contributed by atoms with Gasteiger partial charge in [-0.15, -0.1) is 0 Å². The number of carbonyl (C=O) groups excluding carboxylic acids is 1. The van der Waals surface area contributed by atoms with Gasteiger partial charge < -0.3 is 5.32 Å². The quantitative estimate of drug-likeness (QED) is 0.919. The average Bonchev–Trinajstić information content (AvgIpc) is 3.19. The van der Waals surface area contributed by atoms with Crippen molar-refractivity contribution in [2.75, 3.05) is 0 Å². The smallest absolute Gasteiger partial charge is 0.251 e. The number of aromatic nitrogens is 3. The summed E-state index contributed by atoms with van der Waals surface area (Å²) in [7, 11) is 0. The molecule has 1 aromatic heterocycles. The predicted octanol–water partition coefficient (Wildman–Crippen LogP) is 3.03. The van der Waals surface area contributed by atoms with Crippen LogP contribution in [0.3, 0.4) is 0 Å². The van der Waals surface area contributed by atoms with E-state index in [1.54, 1.807) is 11.0 Å². The van der Waals surface area contributed by atoms with E-state index in [-0.39, 0.29) is 5.91 Å². The minimum atomic E-state index is 0.0500. The summed E-state index contributed by atoms with van der Waals surface area (Å²) in [4.78, 5) is 16.7. The fourth-order valence-electron chi connectivity index (χ4n) is 4.08. The minimum absolute atomic E-state index is 0.0500. The normalized spacial score (nSPS) is 23.8. The van der Waals surface area contributed by atoms with Gasteiger partial charge in [-0.05, 0) is 29.9 Å². The van der Waals surface area contributed by atoms with E-state index >= 15 is 0 Å². The van der Waals surface area contributed by atoms with E-state index in [0.717, 1.165) is 23.5 Å². The van der Waals surface area contributed by atoms with E-state index < -0.39 is 0 Å². The highest BCUT2D eigenvalue weighted by Crippen LogP contribution is 2.44. The van der Waals surface area contributed by atoms with E-state index in [1.165, 1.54) is 38.4 Å². The fourth-order valence-corrected chi connectivity index (χ4v) is 4.08. The van der Waals surface area contributed by atoms with Gasteiger partial charge in [0.25, 0.3) is 5.91 Å². The van der Waals surface area contributed by atoms with Crippen LogP contribution in [0.25, 0.3) is 0 Å². The Balaban J connectivity index is 1.40. The van der Waals surface area contributed by atoms with Crippen LogP contribution in [0.4, 0.5) is 0 Å². The molecule has 2 aromatic rings. The van der Waals surface area contributed by atoms with Gasteiger partial charge in [-0.25, -0.2) is 9.67 Å². The molecule has 2 fully saturated rings. The van der Waals surface area contributed by atoms with Crippen molar-refractivity contribution in [1.82, 2.24) is 20.1 Å². The van der Waals surface area contributed by atoms with E-state index in [4.69, 9.17) is 0 Å². The molecule has 2 atom stereocenters. The third kappa shape index (κ3) is 3.35. The van der Waals surface area contributed by atoms with Crippen molar-refractivity contribution in [2.45, 2.75) is 51.1 Å². The van der Waals surface area contributed by atoms with Gasteiger partial charge in [0.2, 0.25) is 0 Å². The molecular weight excluding hydrogens is 300 g/mol. The van der Waals surface area contributed by atoms with Gasteiger partial charge in [-0.3, -0.25) is 4.79 Å². The second-order valence-electron chi connectivity index (χ2n) is 7.13. The second kappa shape index (κ2) is 6.75. The lowest BCUT2D eigenvalue weighted by Gasteiger charge is -2.21. The maximum absolute atomic E-state index is 12.7. The molecule has 4 rings (SSSR count). The molecule has 0 spiro atoms. The summed E-state index contributed by atoms with van der Waals surface area (Å²) in [6, 6.07) is 8.15. The summed E-state index contributed by atoms with van der Waals surface area (Å²) in [5.74, 6) is 1.58. The van der Waals surface area contributed by atoms with E-state index in [9.17, 15) is 4.79 Å². The molecular formula is C19H24N4O. The number of hydrogen-bond acceptors (Lipinski definition) is 3. The molecule has 5 nitrogen and oxygen atoms in total. The highest BCUT2D eigenvalue weighted by atomic mass is 16.1. The molecule has 2 saturated carbocycles. The lowest BCUT2D eigenvalue weighted by atomic mass is 9.85. The third-order valence-electron chi connectivity index (χ3n) is 5.47. The Morgan fingerprint density at radius 1 is 1.21 bits per heavy atom. The van der Waals surface area contributed by atoms with Crippen LogP contribution in [-0.2, 0) is 6.54 Å². The van der Waals surface area contributed by atoms with Crippen molar-refractivity contribution in [3.05, 3.63) is 48.0 Å². The molecule has 24 heavy (non-hydrogen) atoms. The summed E-state index contributed by atoms with van der Waals surface area (Å²) < 4.78 is 1.74. The van der Waals surface area contributed by atoms with Crippen molar-refractivity contribution < 1.29 is 4.79 Å². The molecule has 2 aliphatic rings. The molecule has 0 aliphatic heterocycles. The second-order valence-corrected chi connectivity index (χ2v) is 7.13. The average molecular weight is 324 g/mol. The molecule has 0 bridgehead atoms. The number of rotatable bonds is 5. The van der Waals surface area contributed by atoms with Gasteiger partial charge in [0, 0.05) is 11.6 Å². The first-order valence-electron chi connectivity index (χ1n) is 9.02. The molecule has 126 valence electrons. The molecule has 0 saturated heterocycles. The Kier molecular flexibility index (Phi) is 4.32. The zero-order valence-electron chi connectivity index (χ0n) is 13.9. The zero-order valence-corrected chi connectivity index (χ0v) is 13.9. The van der Waals surface area contributed by atoms with Crippen LogP contribution >= 0.6 is 0 Å². The Morgan fingerprint density at radius 3 is 2.83 bits per heavy atom. The van der Waals surface area contributed by atoms with E-state index in [0.29, 0.717) is 18.5 Å². The first kappa shape index (κ1) is 15.4. The van der Waals surface area contributed by atoms with Crippen molar-refractivity contribution in [2.24, 2.45) is 11.8 Å². The van der Waals surface area contributed by atoms with Crippen LogP contribution in [0.15, 0.2) is 36.9 Å². The summed E-state index contributed by atoms with van der Waals surface area (Å²) >= 11 is 0. The topological polar surface area (TPSA) is 59.8 Å². The van der Waals surface area contributed by atoms with Gasteiger partial charge in [-0.1, -0.05) is 50.3 Å². The van der Waals surface area contributed by atoms with Gasteiger partial charge in [0.05, 0.1) is 6.54 Å². The lowest BCUT2D eigenvalue weighted by molar-refractivity contribution is 0.0945.